The summed E-state index contributed by atoms with van der Waals surface area (Å²) in [5, 5.41) is 0. The molecule has 1 aromatic heterocycles. The smallest absolute Gasteiger partial charge is 0.225 e. The lowest BCUT2D eigenvalue weighted by Crippen LogP contribution is -2.52. The van der Waals surface area contributed by atoms with Crippen molar-refractivity contribution in [3.05, 3.63) is 65.6 Å². The maximum atomic E-state index is 4.91. The van der Waals surface area contributed by atoms with Gasteiger partial charge in [-0.05, 0) is 64.6 Å². The number of allylic oxidation sites excluding steroid dienone is 8. The third-order valence-corrected chi connectivity index (χ3v) is 7.07. The van der Waals surface area contributed by atoms with Crippen molar-refractivity contribution < 1.29 is 0 Å². The zero-order valence-electron chi connectivity index (χ0n) is 23.1. The van der Waals surface area contributed by atoms with Gasteiger partial charge in [0.05, 0.1) is 5.69 Å². The van der Waals surface area contributed by atoms with E-state index in [-0.39, 0.29) is 0 Å². The number of aromatic nitrogens is 2. The van der Waals surface area contributed by atoms with Crippen LogP contribution in [0.4, 0.5) is 5.95 Å². The molecule has 0 N–H and O–H groups in total. The maximum absolute atomic E-state index is 4.91. The molecule has 2 fully saturated rings. The van der Waals surface area contributed by atoms with Gasteiger partial charge < -0.3 is 9.80 Å². The van der Waals surface area contributed by atoms with Crippen molar-refractivity contribution in [2.75, 3.05) is 51.2 Å². The molecule has 3 heterocycles. The van der Waals surface area contributed by atoms with E-state index in [1.165, 1.54) is 49.2 Å². The normalized spacial score (nSPS) is 19.8. The van der Waals surface area contributed by atoms with Crippen molar-refractivity contribution in [1.82, 2.24) is 19.8 Å². The number of fused-ring (bicyclic) bond motifs is 1. The Balaban J connectivity index is 0.000000280. The summed E-state index contributed by atoms with van der Waals surface area (Å²) >= 11 is 0. The Labute approximate surface area is 220 Å². The molecule has 36 heavy (non-hydrogen) atoms. The van der Waals surface area contributed by atoms with Gasteiger partial charge in [0.15, 0.2) is 0 Å². The lowest BCUT2D eigenvalue weighted by molar-refractivity contribution is 0.120. The highest BCUT2D eigenvalue weighted by Crippen LogP contribution is 2.26. The Hall–Kier alpha value is -2.68. The SMILES string of the molecule is C#C.C/C=C\C(=CC/C=C/C)/C=C/C.CN1CCc2cnc(N3CCN(C4CCC4)CC3)nc2CC1. The predicted molar refractivity (Wildman–Crippen MR) is 155 cm³/mol. The van der Waals surface area contributed by atoms with E-state index in [0.717, 1.165) is 57.4 Å². The quantitative estimate of drug-likeness (QED) is 0.301. The Bertz CT molecular complexity index is 885. The van der Waals surface area contributed by atoms with E-state index in [1.54, 1.807) is 0 Å². The monoisotopic (exact) mass is 489 g/mol. The standard InChI is InChI=1S/C17H27N5.C12H18.C2H2/c1-20-7-5-14-13-18-17(19-16(14)6-8-20)22-11-9-21(10-12-22)15-3-2-4-15;1-4-7-8-11-12(9-5-2)10-6-3;1-2/h13,15H,2-12H2,1H3;4-7,9-11H,8H2,1-3H3;1-2H/b;7-4+,9-5-,10-6+,12-11?;. The van der Waals surface area contributed by atoms with Crippen LogP contribution < -0.4 is 4.90 Å². The Morgan fingerprint density at radius 2 is 1.61 bits per heavy atom. The highest BCUT2D eigenvalue weighted by molar-refractivity contribution is 5.35. The summed E-state index contributed by atoms with van der Waals surface area (Å²) in [6, 6.07) is 0.866. The molecular weight excluding hydrogens is 442 g/mol. The molecular formula is C31H47N5. The van der Waals surface area contributed by atoms with Crippen LogP contribution in [-0.4, -0.2) is 72.1 Å². The van der Waals surface area contributed by atoms with Gasteiger partial charge in [0, 0.05) is 57.9 Å². The number of terminal acetylenes is 1. The summed E-state index contributed by atoms with van der Waals surface area (Å²) < 4.78 is 0. The van der Waals surface area contributed by atoms with Gasteiger partial charge >= 0.3 is 0 Å². The zero-order valence-corrected chi connectivity index (χ0v) is 23.1. The molecule has 1 aromatic rings. The highest BCUT2D eigenvalue weighted by atomic mass is 15.3. The van der Waals surface area contributed by atoms with Crippen LogP contribution in [0.1, 0.15) is 57.7 Å². The first-order valence-electron chi connectivity index (χ1n) is 13.6. The molecule has 0 radical (unpaired) electrons. The number of rotatable bonds is 6. The second kappa shape index (κ2) is 16.9. The first kappa shape index (κ1) is 29.5. The van der Waals surface area contributed by atoms with Gasteiger partial charge in [-0.15, -0.1) is 12.8 Å². The van der Waals surface area contributed by atoms with Crippen molar-refractivity contribution >= 4 is 5.95 Å². The Morgan fingerprint density at radius 1 is 0.944 bits per heavy atom. The lowest BCUT2D eigenvalue weighted by atomic mass is 9.91. The molecule has 0 atom stereocenters. The summed E-state index contributed by atoms with van der Waals surface area (Å²) in [6.07, 6.45) is 32.2. The molecule has 1 saturated heterocycles. The molecule has 2 aliphatic heterocycles. The Kier molecular flexibility index (Phi) is 13.9. The summed E-state index contributed by atoms with van der Waals surface area (Å²) in [5.74, 6) is 0.955. The number of likely N-dealkylation sites (N-methyl/N-ethyl adjacent to an activating group) is 1. The first-order valence-corrected chi connectivity index (χ1v) is 13.6. The molecule has 0 aromatic carbocycles. The summed E-state index contributed by atoms with van der Waals surface area (Å²) in [5.41, 5.74) is 3.90. The van der Waals surface area contributed by atoms with Crippen LogP contribution in [0.15, 0.2) is 54.3 Å². The highest BCUT2D eigenvalue weighted by Gasteiger charge is 2.28. The van der Waals surface area contributed by atoms with Crippen molar-refractivity contribution in [3.8, 4) is 12.8 Å². The number of piperazine rings is 1. The average molecular weight is 490 g/mol. The van der Waals surface area contributed by atoms with Crippen LogP contribution in [-0.2, 0) is 12.8 Å². The van der Waals surface area contributed by atoms with E-state index in [9.17, 15) is 0 Å². The maximum Gasteiger partial charge on any atom is 0.225 e. The third kappa shape index (κ3) is 9.41. The molecule has 3 aliphatic rings. The fourth-order valence-corrected chi connectivity index (χ4v) is 4.68. The summed E-state index contributed by atoms with van der Waals surface area (Å²) in [6.45, 7) is 12.8. The number of nitrogens with zero attached hydrogens (tertiary/aromatic N) is 5. The zero-order chi connectivity index (χ0) is 26.2. The number of hydrogen-bond acceptors (Lipinski definition) is 5. The van der Waals surface area contributed by atoms with Crippen LogP contribution in [0.5, 0.6) is 0 Å². The molecule has 0 unspecified atom stereocenters. The van der Waals surface area contributed by atoms with E-state index in [1.807, 2.05) is 20.8 Å². The fourth-order valence-electron chi connectivity index (χ4n) is 4.68. The van der Waals surface area contributed by atoms with Crippen molar-refractivity contribution in [1.29, 1.82) is 0 Å². The second-order valence-electron chi connectivity index (χ2n) is 9.56. The van der Waals surface area contributed by atoms with Crippen LogP contribution in [0.3, 0.4) is 0 Å². The molecule has 4 rings (SSSR count). The minimum atomic E-state index is 0.866. The van der Waals surface area contributed by atoms with Gasteiger partial charge in [0.1, 0.15) is 0 Å². The summed E-state index contributed by atoms with van der Waals surface area (Å²) in [7, 11) is 2.19. The fraction of sp³-hybridized carbons (Fsp3) is 0.548. The van der Waals surface area contributed by atoms with Crippen molar-refractivity contribution in [3.63, 3.8) is 0 Å². The molecule has 1 aliphatic carbocycles. The van der Waals surface area contributed by atoms with E-state index in [4.69, 9.17) is 4.98 Å². The van der Waals surface area contributed by atoms with E-state index < -0.39 is 0 Å². The molecule has 0 spiro atoms. The second-order valence-corrected chi connectivity index (χ2v) is 9.56. The largest absolute Gasteiger partial charge is 0.338 e. The minimum Gasteiger partial charge on any atom is -0.338 e. The van der Waals surface area contributed by atoms with Gasteiger partial charge in [-0.3, -0.25) is 4.90 Å². The van der Waals surface area contributed by atoms with Crippen LogP contribution in [0, 0.1) is 12.8 Å². The van der Waals surface area contributed by atoms with Gasteiger partial charge in [-0.1, -0.05) is 49.0 Å². The molecule has 5 nitrogen and oxygen atoms in total. The van der Waals surface area contributed by atoms with E-state index >= 15 is 0 Å². The molecule has 1 saturated carbocycles. The van der Waals surface area contributed by atoms with Gasteiger partial charge in [-0.2, -0.15) is 0 Å². The molecule has 196 valence electrons. The van der Waals surface area contributed by atoms with Gasteiger partial charge in [0.2, 0.25) is 5.95 Å². The van der Waals surface area contributed by atoms with E-state index in [0.29, 0.717) is 0 Å². The lowest BCUT2D eigenvalue weighted by Gasteiger charge is -2.43. The predicted octanol–water partition coefficient (Wildman–Crippen LogP) is 5.46. The minimum absolute atomic E-state index is 0.866. The molecule has 5 heteroatoms. The molecule has 0 bridgehead atoms. The number of anilines is 1. The van der Waals surface area contributed by atoms with Gasteiger partial charge in [0.25, 0.3) is 0 Å². The van der Waals surface area contributed by atoms with Gasteiger partial charge in [-0.25, -0.2) is 9.97 Å². The van der Waals surface area contributed by atoms with Crippen molar-refractivity contribution in [2.45, 2.75) is 65.3 Å². The first-order chi connectivity index (χ1) is 17.6. The van der Waals surface area contributed by atoms with Crippen LogP contribution in [0.2, 0.25) is 0 Å². The average Bonchev–Trinajstić information content (AvgIpc) is 3.06. The topological polar surface area (TPSA) is 35.5 Å². The van der Waals surface area contributed by atoms with Crippen LogP contribution >= 0.6 is 0 Å². The Morgan fingerprint density at radius 3 is 2.19 bits per heavy atom. The van der Waals surface area contributed by atoms with Crippen molar-refractivity contribution in [2.24, 2.45) is 0 Å². The van der Waals surface area contributed by atoms with Crippen LogP contribution in [0.25, 0.3) is 0 Å². The molecule has 0 amide bonds. The number of hydrogen-bond donors (Lipinski definition) is 0. The summed E-state index contributed by atoms with van der Waals surface area (Å²) in [4.78, 5) is 17.0. The third-order valence-electron chi connectivity index (χ3n) is 7.07. The van der Waals surface area contributed by atoms with E-state index in [2.05, 4.69) is 88.3 Å².